The second-order valence-electron chi connectivity index (χ2n) is 6.57. The van der Waals surface area contributed by atoms with Gasteiger partial charge in [0.05, 0.1) is 19.8 Å². The summed E-state index contributed by atoms with van der Waals surface area (Å²) in [5, 5.41) is 3.26. The molecule has 0 spiro atoms. The maximum atomic E-state index is 12.5. The average Bonchev–Trinajstić information content (AvgIpc) is 2.72. The number of carbonyl (C=O) groups excluding carboxylic acids is 1. The average molecular weight is 370 g/mol. The molecular weight excluding hydrogens is 344 g/mol. The van der Waals surface area contributed by atoms with Crippen LogP contribution in [0.2, 0.25) is 0 Å². The van der Waals surface area contributed by atoms with Gasteiger partial charge in [0.2, 0.25) is 0 Å². The lowest BCUT2D eigenvalue weighted by Crippen LogP contribution is -2.47. The summed E-state index contributed by atoms with van der Waals surface area (Å²) in [5.41, 5.74) is 1.67. The third kappa shape index (κ3) is 4.68. The molecule has 1 fully saturated rings. The van der Waals surface area contributed by atoms with Crippen LogP contribution in [0.15, 0.2) is 36.5 Å². The highest BCUT2D eigenvalue weighted by atomic mass is 16.5. The Morgan fingerprint density at radius 2 is 1.81 bits per heavy atom. The summed E-state index contributed by atoms with van der Waals surface area (Å²) in [4.78, 5) is 21.0. The Balaban J connectivity index is 1.58. The molecule has 7 nitrogen and oxygen atoms in total. The Hall–Kier alpha value is -2.80. The monoisotopic (exact) mass is 370 g/mol. The van der Waals surface area contributed by atoms with E-state index in [1.807, 2.05) is 35.2 Å². The molecule has 0 aliphatic carbocycles. The fraction of sp³-hybridized carbons (Fsp3) is 0.400. The molecule has 1 aromatic heterocycles. The predicted octanol–water partition coefficient (Wildman–Crippen LogP) is 2.10. The lowest BCUT2D eigenvalue weighted by atomic mass is 10.2. The first-order valence-electron chi connectivity index (χ1n) is 8.99. The van der Waals surface area contributed by atoms with Crippen LogP contribution in [0.1, 0.15) is 15.9 Å². The number of nitrogens with zero attached hydrogens (tertiary/aromatic N) is 3. The van der Waals surface area contributed by atoms with Crippen molar-refractivity contribution in [3.8, 4) is 11.5 Å². The van der Waals surface area contributed by atoms with Crippen LogP contribution in [-0.4, -0.2) is 68.1 Å². The first-order valence-corrected chi connectivity index (χ1v) is 8.99. The van der Waals surface area contributed by atoms with E-state index in [1.54, 1.807) is 20.4 Å². The molecule has 1 saturated heterocycles. The maximum Gasteiger partial charge on any atom is 0.255 e. The molecule has 0 radical (unpaired) electrons. The van der Waals surface area contributed by atoms with E-state index in [0.29, 0.717) is 23.6 Å². The molecule has 0 atom stereocenters. The summed E-state index contributed by atoms with van der Waals surface area (Å²) in [5.74, 6) is 2.16. The highest BCUT2D eigenvalue weighted by Crippen LogP contribution is 2.27. The van der Waals surface area contributed by atoms with Crippen molar-refractivity contribution in [1.82, 2.24) is 14.8 Å². The molecule has 1 amide bonds. The van der Waals surface area contributed by atoms with Crippen molar-refractivity contribution in [2.45, 2.75) is 6.54 Å². The summed E-state index contributed by atoms with van der Waals surface area (Å²) < 4.78 is 10.6. The van der Waals surface area contributed by atoms with Gasteiger partial charge in [0, 0.05) is 38.9 Å². The highest BCUT2D eigenvalue weighted by Gasteiger charge is 2.20. The van der Waals surface area contributed by atoms with Crippen LogP contribution in [0.25, 0.3) is 0 Å². The van der Waals surface area contributed by atoms with E-state index >= 15 is 0 Å². The Bertz CT molecular complexity index is 771. The standard InChI is InChI=1S/C20H26N4O3/c1-23-8-10-24(11-9-23)20(25)16-5-7-19(22-14-16)21-13-15-4-6-17(26-2)18(12-15)27-3/h4-7,12,14H,8-11,13H2,1-3H3,(H,21,22). The number of hydrogen-bond acceptors (Lipinski definition) is 6. The van der Waals surface area contributed by atoms with Crippen LogP contribution in [0.4, 0.5) is 5.82 Å². The summed E-state index contributed by atoms with van der Waals surface area (Å²) >= 11 is 0. The van der Waals surface area contributed by atoms with Crippen molar-refractivity contribution in [3.63, 3.8) is 0 Å². The van der Waals surface area contributed by atoms with Crippen LogP contribution >= 0.6 is 0 Å². The zero-order chi connectivity index (χ0) is 19.2. The van der Waals surface area contributed by atoms with Crippen LogP contribution in [0, 0.1) is 0 Å². The molecular formula is C20H26N4O3. The second kappa shape index (κ2) is 8.73. The molecule has 1 aliphatic rings. The minimum Gasteiger partial charge on any atom is -0.493 e. The van der Waals surface area contributed by atoms with Crippen molar-refractivity contribution in [3.05, 3.63) is 47.7 Å². The molecule has 7 heteroatoms. The summed E-state index contributed by atoms with van der Waals surface area (Å²) in [7, 11) is 5.31. The largest absolute Gasteiger partial charge is 0.493 e. The molecule has 27 heavy (non-hydrogen) atoms. The van der Waals surface area contributed by atoms with Gasteiger partial charge >= 0.3 is 0 Å². The number of aromatic nitrogens is 1. The van der Waals surface area contributed by atoms with Gasteiger partial charge in [-0.05, 0) is 36.9 Å². The third-order valence-corrected chi connectivity index (χ3v) is 4.72. The summed E-state index contributed by atoms with van der Waals surface area (Å²) in [6.45, 7) is 3.93. The fourth-order valence-corrected chi connectivity index (χ4v) is 3.00. The van der Waals surface area contributed by atoms with Gasteiger partial charge in [0.1, 0.15) is 5.82 Å². The van der Waals surface area contributed by atoms with Crippen molar-refractivity contribution in [2.75, 3.05) is 52.8 Å². The number of rotatable bonds is 6. The Morgan fingerprint density at radius 3 is 2.44 bits per heavy atom. The summed E-state index contributed by atoms with van der Waals surface area (Å²) in [6.07, 6.45) is 1.64. The van der Waals surface area contributed by atoms with Gasteiger partial charge in [0.25, 0.3) is 5.91 Å². The van der Waals surface area contributed by atoms with Crippen LogP contribution in [-0.2, 0) is 6.54 Å². The molecule has 2 aromatic rings. The number of amides is 1. The number of piperazine rings is 1. The third-order valence-electron chi connectivity index (χ3n) is 4.72. The van der Waals surface area contributed by atoms with Crippen LogP contribution in [0.5, 0.6) is 11.5 Å². The molecule has 2 heterocycles. The molecule has 1 aliphatic heterocycles. The highest BCUT2D eigenvalue weighted by molar-refractivity contribution is 5.94. The lowest BCUT2D eigenvalue weighted by molar-refractivity contribution is 0.0663. The Kier molecular flexibility index (Phi) is 6.13. The molecule has 0 saturated carbocycles. The minimum atomic E-state index is 0.0436. The second-order valence-corrected chi connectivity index (χ2v) is 6.57. The van der Waals surface area contributed by atoms with Gasteiger partial charge < -0.3 is 24.6 Å². The molecule has 0 unspecified atom stereocenters. The van der Waals surface area contributed by atoms with Crippen LogP contribution in [0.3, 0.4) is 0 Å². The quantitative estimate of drug-likeness (QED) is 0.840. The van der Waals surface area contributed by atoms with E-state index in [4.69, 9.17) is 9.47 Å². The number of benzene rings is 1. The van der Waals surface area contributed by atoms with Crippen molar-refractivity contribution in [2.24, 2.45) is 0 Å². The number of pyridine rings is 1. The van der Waals surface area contributed by atoms with Gasteiger partial charge in [-0.15, -0.1) is 0 Å². The Morgan fingerprint density at radius 1 is 1.07 bits per heavy atom. The number of ether oxygens (including phenoxy) is 2. The summed E-state index contributed by atoms with van der Waals surface area (Å²) in [6, 6.07) is 9.44. The molecule has 0 bridgehead atoms. The van der Waals surface area contributed by atoms with Crippen molar-refractivity contribution in [1.29, 1.82) is 0 Å². The molecule has 1 aromatic carbocycles. The predicted molar refractivity (Wildman–Crippen MR) is 105 cm³/mol. The van der Waals surface area contributed by atoms with E-state index in [2.05, 4.69) is 22.2 Å². The Labute approximate surface area is 159 Å². The molecule has 3 rings (SSSR count). The van der Waals surface area contributed by atoms with Crippen molar-refractivity contribution < 1.29 is 14.3 Å². The number of hydrogen-bond donors (Lipinski definition) is 1. The maximum absolute atomic E-state index is 12.5. The first-order chi connectivity index (χ1) is 13.1. The number of carbonyl (C=O) groups is 1. The van der Waals surface area contributed by atoms with E-state index in [1.165, 1.54) is 0 Å². The topological polar surface area (TPSA) is 66.9 Å². The van der Waals surface area contributed by atoms with E-state index in [-0.39, 0.29) is 5.91 Å². The van der Waals surface area contributed by atoms with Gasteiger partial charge in [-0.3, -0.25) is 4.79 Å². The number of nitrogens with one attached hydrogen (secondary N) is 1. The van der Waals surface area contributed by atoms with E-state index in [9.17, 15) is 4.79 Å². The molecule has 1 N–H and O–H groups in total. The van der Waals surface area contributed by atoms with Gasteiger partial charge in [-0.2, -0.15) is 0 Å². The SMILES string of the molecule is COc1ccc(CNc2ccc(C(=O)N3CCN(C)CC3)cn2)cc1OC. The first kappa shape index (κ1) is 19.0. The number of likely N-dealkylation sites (N-methyl/N-ethyl adjacent to an activating group) is 1. The zero-order valence-electron chi connectivity index (χ0n) is 16.1. The van der Waals surface area contributed by atoms with Crippen molar-refractivity contribution >= 4 is 11.7 Å². The minimum absolute atomic E-state index is 0.0436. The number of methoxy groups -OCH3 is 2. The molecule has 144 valence electrons. The van der Waals surface area contributed by atoms with Gasteiger partial charge in [-0.1, -0.05) is 6.07 Å². The smallest absolute Gasteiger partial charge is 0.255 e. The van der Waals surface area contributed by atoms with Gasteiger partial charge in [0.15, 0.2) is 11.5 Å². The van der Waals surface area contributed by atoms with Crippen LogP contribution < -0.4 is 14.8 Å². The zero-order valence-corrected chi connectivity index (χ0v) is 16.1. The van der Waals surface area contributed by atoms with E-state index < -0.39 is 0 Å². The number of anilines is 1. The fourth-order valence-electron chi connectivity index (χ4n) is 3.00. The lowest BCUT2D eigenvalue weighted by Gasteiger charge is -2.32. The van der Waals surface area contributed by atoms with E-state index in [0.717, 1.165) is 37.6 Å². The van der Waals surface area contributed by atoms with Gasteiger partial charge in [-0.25, -0.2) is 4.98 Å². The normalized spacial score (nSPS) is 14.7.